The van der Waals surface area contributed by atoms with Gasteiger partial charge in [-0.1, -0.05) is 46.7 Å². The van der Waals surface area contributed by atoms with Gasteiger partial charge >= 0.3 is 12.1 Å². The van der Waals surface area contributed by atoms with E-state index in [1.807, 2.05) is 0 Å². The van der Waals surface area contributed by atoms with Gasteiger partial charge in [-0.3, -0.25) is 9.59 Å². The van der Waals surface area contributed by atoms with Crippen LogP contribution in [0.25, 0.3) is 0 Å². The average Bonchev–Trinajstić information content (AvgIpc) is 2.75. The summed E-state index contributed by atoms with van der Waals surface area (Å²) in [6.45, 7) is 0.751. The molecule has 0 aliphatic heterocycles. The molecule has 170 valence electrons. The van der Waals surface area contributed by atoms with Gasteiger partial charge in [-0.2, -0.15) is 13.2 Å². The van der Waals surface area contributed by atoms with Crippen molar-refractivity contribution in [2.24, 2.45) is 10.3 Å². The first kappa shape index (κ1) is 24.4. The standard InChI is InChI=1S/C21H20F3N3O5/c1-13(14-7-5-8-16(10-14)21(22,23)24)26-32-12-15-6-3-4-9-17(15)19(27-31-2)20(30)25-11-18(28)29/h3-10H,11-12H2,1-2H3,(H,25,30)(H,28,29)/b26-13+,27-19+. The molecule has 0 bridgehead atoms. The Labute approximate surface area is 181 Å². The van der Waals surface area contributed by atoms with E-state index < -0.39 is 30.2 Å². The summed E-state index contributed by atoms with van der Waals surface area (Å²) in [4.78, 5) is 33.0. The van der Waals surface area contributed by atoms with Crippen molar-refractivity contribution in [1.29, 1.82) is 0 Å². The minimum atomic E-state index is -4.48. The van der Waals surface area contributed by atoms with Crippen molar-refractivity contribution in [2.75, 3.05) is 13.7 Å². The second-order valence-corrected chi connectivity index (χ2v) is 6.38. The zero-order valence-corrected chi connectivity index (χ0v) is 17.1. The van der Waals surface area contributed by atoms with E-state index in [0.717, 1.165) is 12.1 Å². The van der Waals surface area contributed by atoms with Crippen LogP contribution >= 0.6 is 0 Å². The number of carbonyl (C=O) groups excluding carboxylic acids is 1. The van der Waals surface area contributed by atoms with E-state index in [1.165, 1.54) is 26.2 Å². The molecule has 0 atom stereocenters. The van der Waals surface area contributed by atoms with Gasteiger partial charge in [-0.05, 0) is 24.6 Å². The number of aliphatic carboxylic acids is 1. The highest BCUT2D eigenvalue weighted by Crippen LogP contribution is 2.29. The highest BCUT2D eigenvalue weighted by atomic mass is 19.4. The summed E-state index contributed by atoms with van der Waals surface area (Å²) in [7, 11) is 1.23. The largest absolute Gasteiger partial charge is 0.480 e. The fourth-order valence-corrected chi connectivity index (χ4v) is 2.59. The van der Waals surface area contributed by atoms with Gasteiger partial charge in [-0.15, -0.1) is 0 Å². The molecule has 1 amide bonds. The third-order valence-electron chi connectivity index (χ3n) is 4.10. The molecule has 0 aromatic heterocycles. The number of carboxylic acid groups (broad SMARTS) is 1. The van der Waals surface area contributed by atoms with Crippen molar-refractivity contribution in [3.8, 4) is 0 Å². The number of rotatable bonds is 9. The molecule has 11 heteroatoms. The van der Waals surface area contributed by atoms with Crippen LogP contribution in [0.1, 0.15) is 29.2 Å². The first-order valence-corrected chi connectivity index (χ1v) is 9.17. The number of benzene rings is 2. The van der Waals surface area contributed by atoms with Gasteiger partial charge in [0.2, 0.25) is 0 Å². The van der Waals surface area contributed by atoms with Crippen LogP contribution in [0, 0.1) is 0 Å². The van der Waals surface area contributed by atoms with Gasteiger partial charge < -0.3 is 20.1 Å². The molecule has 0 saturated carbocycles. The van der Waals surface area contributed by atoms with E-state index in [9.17, 15) is 22.8 Å². The van der Waals surface area contributed by atoms with Crippen molar-refractivity contribution in [3.63, 3.8) is 0 Å². The normalized spacial score (nSPS) is 12.3. The summed E-state index contributed by atoms with van der Waals surface area (Å²) in [5, 5.41) is 18.5. The van der Waals surface area contributed by atoms with Gasteiger partial charge in [0.1, 0.15) is 20.3 Å². The van der Waals surface area contributed by atoms with Crippen molar-refractivity contribution in [2.45, 2.75) is 19.7 Å². The van der Waals surface area contributed by atoms with Gasteiger partial charge in [0.05, 0.1) is 11.3 Å². The zero-order valence-electron chi connectivity index (χ0n) is 17.1. The first-order chi connectivity index (χ1) is 15.1. The lowest BCUT2D eigenvalue weighted by Gasteiger charge is -2.11. The Morgan fingerprint density at radius 3 is 2.47 bits per heavy atom. The molecule has 0 fully saturated rings. The number of carboxylic acids is 1. The Morgan fingerprint density at radius 1 is 1.09 bits per heavy atom. The van der Waals surface area contributed by atoms with Gasteiger partial charge in [0.25, 0.3) is 5.91 Å². The zero-order chi connectivity index (χ0) is 23.7. The molecule has 2 rings (SSSR count). The van der Waals surface area contributed by atoms with Gasteiger partial charge in [-0.25, -0.2) is 0 Å². The monoisotopic (exact) mass is 451 g/mol. The molecule has 2 aromatic rings. The highest BCUT2D eigenvalue weighted by Gasteiger charge is 2.30. The Bertz CT molecular complexity index is 1040. The number of nitrogens with one attached hydrogen (secondary N) is 1. The molecule has 0 spiro atoms. The lowest BCUT2D eigenvalue weighted by molar-refractivity contribution is -0.138. The first-order valence-electron chi connectivity index (χ1n) is 9.17. The van der Waals surface area contributed by atoms with E-state index in [-0.39, 0.29) is 23.6 Å². The SMILES string of the molecule is CO/N=C(/C(=O)NCC(=O)O)c1ccccc1CO/N=C(\C)c1cccc(C(F)(F)F)c1. The van der Waals surface area contributed by atoms with Gasteiger partial charge in [0.15, 0.2) is 5.71 Å². The fraction of sp³-hybridized carbons (Fsp3) is 0.238. The van der Waals surface area contributed by atoms with E-state index in [1.54, 1.807) is 24.3 Å². The molecule has 0 aliphatic rings. The molecule has 8 nitrogen and oxygen atoms in total. The lowest BCUT2D eigenvalue weighted by atomic mass is 10.0. The van der Waals surface area contributed by atoms with E-state index >= 15 is 0 Å². The van der Waals surface area contributed by atoms with E-state index in [2.05, 4.69) is 15.6 Å². The van der Waals surface area contributed by atoms with Crippen LogP contribution in [0.5, 0.6) is 0 Å². The minimum Gasteiger partial charge on any atom is -0.480 e. The van der Waals surface area contributed by atoms with E-state index in [4.69, 9.17) is 14.8 Å². The number of hydrogen-bond donors (Lipinski definition) is 2. The molecule has 0 radical (unpaired) electrons. The number of oxime groups is 2. The lowest BCUT2D eigenvalue weighted by Crippen LogP contribution is -2.36. The Kier molecular flexibility index (Phi) is 8.33. The topological polar surface area (TPSA) is 110 Å². The van der Waals surface area contributed by atoms with Crippen LogP contribution in [-0.4, -0.2) is 42.1 Å². The molecular formula is C21H20F3N3O5. The molecule has 0 unspecified atom stereocenters. The number of hydrogen-bond acceptors (Lipinski definition) is 6. The number of alkyl halides is 3. The van der Waals surface area contributed by atoms with Gasteiger partial charge in [0, 0.05) is 11.1 Å². The van der Waals surface area contributed by atoms with Crippen LogP contribution in [0.2, 0.25) is 0 Å². The Morgan fingerprint density at radius 2 is 1.81 bits per heavy atom. The van der Waals surface area contributed by atoms with Crippen LogP contribution < -0.4 is 5.32 Å². The molecule has 0 heterocycles. The summed E-state index contributed by atoms with van der Waals surface area (Å²) in [5.41, 5.74) is 0.258. The highest BCUT2D eigenvalue weighted by molar-refractivity contribution is 6.45. The predicted molar refractivity (Wildman–Crippen MR) is 109 cm³/mol. The maximum atomic E-state index is 12.9. The second-order valence-electron chi connectivity index (χ2n) is 6.38. The van der Waals surface area contributed by atoms with Crippen LogP contribution in [0.4, 0.5) is 13.2 Å². The number of nitrogens with zero attached hydrogens (tertiary/aromatic N) is 2. The Balaban J connectivity index is 2.20. The number of halogens is 3. The third kappa shape index (κ3) is 6.83. The van der Waals surface area contributed by atoms with Crippen molar-refractivity contribution < 1.29 is 37.5 Å². The molecule has 2 N–H and O–H groups in total. The second kappa shape index (κ2) is 10.9. The van der Waals surface area contributed by atoms with Crippen molar-refractivity contribution >= 4 is 23.3 Å². The number of amides is 1. The molecular weight excluding hydrogens is 431 g/mol. The number of carbonyl (C=O) groups is 2. The summed E-state index contributed by atoms with van der Waals surface area (Å²) in [6.07, 6.45) is -4.48. The molecule has 0 saturated heterocycles. The van der Waals surface area contributed by atoms with Crippen LogP contribution in [0.15, 0.2) is 58.8 Å². The van der Waals surface area contributed by atoms with Crippen molar-refractivity contribution in [3.05, 3.63) is 70.8 Å². The van der Waals surface area contributed by atoms with E-state index in [0.29, 0.717) is 11.1 Å². The third-order valence-corrected chi connectivity index (χ3v) is 4.10. The van der Waals surface area contributed by atoms with Crippen LogP contribution in [-0.2, 0) is 32.0 Å². The fourth-order valence-electron chi connectivity index (χ4n) is 2.59. The molecule has 2 aromatic carbocycles. The average molecular weight is 451 g/mol. The Hall–Kier alpha value is -3.89. The minimum absolute atomic E-state index is 0.137. The molecule has 32 heavy (non-hydrogen) atoms. The van der Waals surface area contributed by atoms with Crippen LogP contribution in [0.3, 0.4) is 0 Å². The quantitative estimate of drug-likeness (QED) is 0.450. The maximum Gasteiger partial charge on any atom is 0.416 e. The molecule has 0 aliphatic carbocycles. The van der Waals surface area contributed by atoms with Crippen molar-refractivity contribution in [1.82, 2.24) is 5.32 Å². The summed E-state index contributed by atoms with van der Waals surface area (Å²) >= 11 is 0. The summed E-state index contributed by atoms with van der Waals surface area (Å²) in [6, 6.07) is 11.2. The predicted octanol–water partition coefficient (Wildman–Crippen LogP) is 3.20. The summed E-state index contributed by atoms with van der Waals surface area (Å²) < 4.78 is 38.7. The summed E-state index contributed by atoms with van der Waals surface area (Å²) in [5.74, 6) is -2.00. The smallest absolute Gasteiger partial charge is 0.416 e. The maximum absolute atomic E-state index is 12.9.